The topological polar surface area (TPSA) is 0 Å². The summed E-state index contributed by atoms with van der Waals surface area (Å²) in [6.45, 7) is 7.27. The number of rotatable bonds is 23. The van der Waals surface area contributed by atoms with E-state index in [0.717, 1.165) is 0 Å². The predicted octanol–water partition coefficient (Wildman–Crippen LogP) is 10.6. The summed E-state index contributed by atoms with van der Waals surface area (Å²) in [6.07, 6.45) is 30.5. The standard InChI is InChI=1S/C31H57Si/c1-4-5-6-7-8-9-10-11-12-13-14-15-16-17-18-19-20-21-22-23-27-30-32(2,3)31-28-25-24-26-29-31/h24-26,28-30H,4-23,27H2,1-3H3. The Morgan fingerprint density at radius 2 is 0.844 bits per heavy atom. The quantitative estimate of drug-likeness (QED) is 0.113. The van der Waals surface area contributed by atoms with E-state index in [9.17, 15) is 0 Å². The average molecular weight is 458 g/mol. The van der Waals surface area contributed by atoms with E-state index in [0.29, 0.717) is 0 Å². The molecule has 1 aromatic carbocycles. The van der Waals surface area contributed by atoms with Gasteiger partial charge in [-0.1, -0.05) is 190 Å². The highest BCUT2D eigenvalue weighted by Gasteiger charge is 2.22. The van der Waals surface area contributed by atoms with Crippen LogP contribution in [0, 0.1) is 6.04 Å². The molecule has 0 bridgehead atoms. The molecule has 0 saturated heterocycles. The van der Waals surface area contributed by atoms with E-state index >= 15 is 0 Å². The SMILES string of the molecule is CCCCCCCCCCCCCCCCCCCCCC[CH][Si](C)(C)c1ccccc1. The van der Waals surface area contributed by atoms with Crippen LogP contribution >= 0.6 is 0 Å². The van der Waals surface area contributed by atoms with Crippen LogP contribution in [0.2, 0.25) is 13.1 Å². The first-order valence-electron chi connectivity index (χ1n) is 14.6. The van der Waals surface area contributed by atoms with Crippen molar-refractivity contribution in [1.29, 1.82) is 0 Å². The molecule has 0 amide bonds. The molecule has 32 heavy (non-hydrogen) atoms. The lowest BCUT2D eigenvalue weighted by atomic mass is 10.0. The molecule has 1 heteroatoms. The van der Waals surface area contributed by atoms with Crippen molar-refractivity contribution in [2.45, 2.75) is 155 Å². The van der Waals surface area contributed by atoms with E-state index in [1.165, 1.54) is 135 Å². The number of hydrogen-bond donors (Lipinski definition) is 0. The van der Waals surface area contributed by atoms with E-state index in [1.54, 1.807) is 5.19 Å². The largest absolute Gasteiger partial charge is 0.0836 e. The molecule has 0 atom stereocenters. The molecule has 0 unspecified atom stereocenters. The summed E-state index contributed by atoms with van der Waals surface area (Å²) in [5, 5.41) is 1.58. The lowest BCUT2D eigenvalue weighted by Gasteiger charge is -2.22. The molecule has 0 saturated carbocycles. The summed E-state index contributed by atoms with van der Waals surface area (Å²) in [7, 11) is -1.32. The van der Waals surface area contributed by atoms with Crippen molar-refractivity contribution in [1.82, 2.24) is 0 Å². The number of benzene rings is 1. The van der Waals surface area contributed by atoms with Crippen LogP contribution in [-0.4, -0.2) is 8.07 Å². The lowest BCUT2D eigenvalue weighted by molar-refractivity contribution is 0.522. The zero-order chi connectivity index (χ0) is 23.2. The Morgan fingerprint density at radius 1 is 0.500 bits per heavy atom. The Balaban J connectivity index is 1.75. The molecular formula is C31H57Si. The highest BCUT2D eigenvalue weighted by atomic mass is 28.3. The molecule has 0 heterocycles. The Hall–Kier alpha value is -0.563. The first kappa shape index (κ1) is 29.5. The van der Waals surface area contributed by atoms with Crippen LogP contribution in [-0.2, 0) is 0 Å². The molecule has 1 radical (unpaired) electrons. The first-order valence-corrected chi connectivity index (χ1v) is 17.6. The molecule has 0 aliphatic carbocycles. The Morgan fingerprint density at radius 3 is 1.22 bits per heavy atom. The van der Waals surface area contributed by atoms with Gasteiger partial charge in [0.2, 0.25) is 0 Å². The molecule has 0 fully saturated rings. The maximum atomic E-state index is 2.66. The molecule has 0 spiro atoms. The molecule has 1 aromatic rings. The summed E-state index contributed by atoms with van der Waals surface area (Å²) >= 11 is 0. The van der Waals surface area contributed by atoms with Crippen molar-refractivity contribution in [3.8, 4) is 0 Å². The van der Waals surface area contributed by atoms with E-state index < -0.39 is 8.07 Å². The van der Waals surface area contributed by atoms with Gasteiger partial charge in [-0.25, -0.2) is 0 Å². The second kappa shape index (κ2) is 21.0. The van der Waals surface area contributed by atoms with Crippen molar-refractivity contribution >= 4 is 13.3 Å². The smallest absolute Gasteiger partial charge is 0.0654 e. The van der Waals surface area contributed by atoms with Gasteiger partial charge >= 0.3 is 0 Å². The molecule has 0 aromatic heterocycles. The summed E-state index contributed by atoms with van der Waals surface area (Å²) in [4.78, 5) is 0. The van der Waals surface area contributed by atoms with Gasteiger partial charge in [-0.3, -0.25) is 0 Å². The summed E-state index contributed by atoms with van der Waals surface area (Å²) in [5.41, 5.74) is 0. The van der Waals surface area contributed by atoms with Crippen LogP contribution in [0.1, 0.15) is 142 Å². The highest BCUT2D eigenvalue weighted by Crippen LogP contribution is 2.16. The van der Waals surface area contributed by atoms with E-state index in [4.69, 9.17) is 0 Å². The normalized spacial score (nSPS) is 11.8. The third-order valence-corrected chi connectivity index (χ3v) is 10.4. The van der Waals surface area contributed by atoms with Gasteiger partial charge in [0.15, 0.2) is 0 Å². The first-order chi connectivity index (χ1) is 15.7. The number of hydrogen-bond acceptors (Lipinski definition) is 0. The fourth-order valence-electron chi connectivity index (χ4n) is 4.85. The maximum absolute atomic E-state index is 2.66. The van der Waals surface area contributed by atoms with Crippen LogP contribution in [0.25, 0.3) is 0 Å². The van der Waals surface area contributed by atoms with Crippen LogP contribution < -0.4 is 5.19 Å². The van der Waals surface area contributed by atoms with Crippen molar-refractivity contribution in [3.63, 3.8) is 0 Å². The lowest BCUT2D eigenvalue weighted by Crippen LogP contribution is -2.42. The third-order valence-electron chi connectivity index (χ3n) is 7.23. The van der Waals surface area contributed by atoms with Crippen LogP contribution in [0.3, 0.4) is 0 Å². The zero-order valence-electron chi connectivity index (χ0n) is 22.3. The minimum Gasteiger partial charge on any atom is -0.0654 e. The van der Waals surface area contributed by atoms with E-state index in [-0.39, 0.29) is 0 Å². The van der Waals surface area contributed by atoms with Gasteiger partial charge in [0.05, 0.1) is 8.07 Å². The minimum absolute atomic E-state index is 1.31. The van der Waals surface area contributed by atoms with Crippen molar-refractivity contribution in [2.75, 3.05) is 0 Å². The molecular weight excluding hydrogens is 400 g/mol. The summed E-state index contributed by atoms with van der Waals surface area (Å²) < 4.78 is 0. The fourth-order valence-corrected chi connectivity index (χ4v) is 7.06. The summed E-state index contributed by atoms with van der Waals surface area (Å²) in [5.74, 6) is 0. The Kier molecular flexibility index (Phi) is 19.3. The van der Waals surface area contributed by atoms with Crippen LogP contribution in [0.4, 0.5) is 0 Å². The third kappa shape index (κ3) is 17.0. The second-order valence-corrected chi connectivity index (χ2v) is 15.2. The van der Waals surface area contributed by atoms with E-state index in [2.05, 4.69) is 56.4 Å². The van der Waals surface area contributed by atoms with Crippen LogP contribution in [0.5, 0.6) is 0 Å². The molecule has 0 N–H and O–H groups in total. The zero-order valence-corrected chi connectivity index (χ0v) is 23.3. The van der Waals surface area contributed by atoms with Gasteiger partial charge in [0.25, 0.3) is 0 Å². The highest BCUT2D eigenvalue weighted by molar-refractivity contribution is 6.92. The van der Waals surface area contributed by atoms with Crippen LogP contribution in [0.15, 0.2) is 30.3 Å². The minimum atomic E-state index is -1.32. The average Bonchev–Trinajstić information content (AvgIpc) is 2.80. The van der Waals surface area contributed by atoms with E-state index in [1.807, 2.05) is 0 Å². The molecule has 0 aliphatic rings. The Bertz CT molecular complexity index is 492. The molecule has 0 aliphatic heterocycles. The van der Waals surface area contributed by atoms with Gasteiger partial charge in [-0.2, -0.15) is 0 Å². The van der Waals surface area contributed by atoms with Crippen molar-refractivity contribution in [3.05, 3.63) is 36.4 Å². The van der Waals surface area contributed by atoms with Gasteiger partial charge in [-0.15, -0.1) is 0 Å². The van der Waals surface area contributed by atoms with Crippen molar-refractivity contribution in [2.24, 2.45) is 0 Å². The molecule has 1 rings (SSSR count). The van der Waals surface area contributed by atoms with Gasteiger partial charge in [0.1, 0.15) is 0 Å². The Labute approximate surface area is 204 Å². The fraction of sp³-hybridized carbons (Fsp3) is 0.774. The second-order valence-electron chi connectivity index (χ2n) is 10.8. The van der Waals surface area contributed by atoms with Crippen molar-refractivity contribution < 1.29 is 0 Å². The van der Waals surface area contributed by atoms with Gasteiger partial charge < -0.3 is 0 Å². The number of unbranched alkanes of at least 4 members (excludes halogenated alkanes) is 20. The summed E-state index contributed by atoms with van der Waals surface area (Å²) in [6, 6.07) is 13.8. The molecule has 185 valence electrons. The van der Waals surface area contributed by atoms with Gasteiger partial charge in [0, 0.05) is 0 Å². The molecule has 0 nitrogen and oxygen atoms in total. The maximum Gasteiger partial charge on any atom is 0.0836 e. The monoisotopic (exact) mass is 457 g/mol. The van der Waals surface area contributed by atoms with Gasteiger partial charge in [-0.05, 0) is 6.04 Å². The predicted molar refractivity (Wildman–Crippen MR) is 150 cm³/mol.